The minimum Gasteiger partial charge on any atom is -0.372 e. The van der Waals surface area contributed by atoms with Crippen molar-refractivity contribution < 1.29 is 9.59 Å². The predicted molar refractivity (Wildman–Crippen MR) is 115 cm³/mol. The second-order valence-corrected chi connectivity index (χ2v) is 7.42. The van der Waals surface area contributed by atoms with E-state index in [9.17, 15) is 9.59 Å². The van der Waals surface area contributed by atoms with Crippen molar-refractivity contribution in [2.75, 3.05) is 23.3 Å². The molecular weight excluding hydrogens is 350 g/mol. The molecule has 0 aliphatic rings. The van der Waals surface area contributed by atoms with Gasteiger partial charge in [-0.15, -0.1) is 0 Å². The fourth-order valence-electron chi connectivity index (χ4n) is 2.95. The van der Waals surface area contributed by atoms with Crippen molar-refractivity contribution in [1.82, 2.24) is 5.32 Å². The van der Waals surface area contributed by atoms with Crippen LogP contribution in [0.5, 0.6) is 0 Å². The van der Waals surface area contributed by atoms with Gasteiger partial charge in [0.15, 0.2) is 0 Å². The lowest BCUT2D eigenvalue weighted by Crippen LogP contribution is -2.45. The predicted octanol–water partition coefficient (Wildman–Crippen LogP) is 4.12. The lowest BCUT2D eigenvalue weighted by molar-refractivity contribution is -0.138. The highest BCUT2D eigenvalue weighted by Crippen LogP contribution is 2.25. The van der Waals surface area contributed by atoms with E-state index in [-0.39, 0.29) is 11.8 Å². The molecule has 0 aromatic heterocycles. The summed E-state index contributed by atoms with van der Waals surface area (Å²) in [7, 11) is 0. The molecule has 0 heterocycles. The molecule has 0 aliphatic carbocycles. The first-order valence-corrected chi connectivity index (χ1v) is 9.78. The molecule has 0 saturated carbocycles. The zero-order chi connectivity index (χ0) is 20.7. The van der Waals surface area contributed by atoms with E-state index in [1.54, 1.807) is 13.8 Å². The van der Waals surface area contributed by atoms with Gasteiger partial charge in [0.1, 0.15) is 5.41 Å². The number of hydrogen-bond acceptors (Lipinski definition) is 3. The minimum absolute atomic E-state index is 0.300. The Balaban J connectivity index is 2.04. The molecule has 0 unspecified atom stereocenters. The van der Waals surface area contributed by atoms with E-state index < -0.39 is 5.41 Å². The van der Waals surface area contributed by atoms with Gasteiger partial charge in [0.25, 0.3) is 0 Å². The zero-order valence-electron chi connectivity index (χ0n) is 17.5. The van der Waals surface area contributed by atoms with Crippen molar-refractivity contribution in [1.29, 1.82) is 0 Å². The molecule has 0 bridgehead atoms. The summed E-state index contributed by atoms with van der Waals surface area (Å²) in [6.45, 7) is 11.7. The highest BCUT2D eigenvalue weighted by molar-refractivity contribution is 6.10. The highest BCUT2D eigenvalue weighted by Gasteiger charge is 2.36. The number of carbonyl (C=O) groups excluding carboxylic acids is 2. The molecule has 0 atom stereocenters. The first-order valence-electron chi connectivity index (χ1n) is 9.78. The summed E-state index contributed by atoms with van der Waals surface area (Å²) in [4.78, 5) is 27.6. The Kier molecular flexibility index (Phi) is 7.21. The van der Waals surface area contributed by atoms with Crippen molar-refractivity contribution in [3.63, 3.8) is 0 Å². The number of anilines is 2. The molecule has 2 rings (SSSR count). The fourth-order valence-corrected chi connectivity index (χ4v) is 2.95. The first-order chi connectivity index (χ1) is 13.3. The van der Waals surface area contributed by atoms with Gasteiger partial charge >= 0.3 is 0 Å². The number of aryl methyl sites for hydroxylation is 1. The number of nitrogens with zero attached hydrogens (tertiary/aromatic N) is 1. The van der Waals surface area contributed by atoms with Crippen molar-refractivity contribution in [3.05, 3.63) is 59.7 Å². The van der Waals surface area contributed by atoms with E-state index in [1.165, 1.54) is 0 Å². The lowest BCUT2D eigenvalue weighted by atomic mass is 9.90. The Morgan fingerprint density at radius 1 is 0.964 bits per heavy atom. The molecule has 0 saturated heterocycles. The van der Waals surface area contributed by atoms with Crippen LogP contribution in [0.4, 0.5) is 11.4 Å². The third-order valence-corrected chi connectivity index (χ3v) is 5.02. The van der Waals surface area contributed by atoms with E-state index in [2.05, 4.69) is 35.4 Å². The van der Waals surface area contributed by atoms with Gasteiger partial charge < -0.3 is 15.5 Å². The molecule has 0 radical (unpaired) electrons. The molecule has 2 N–H and O–H groups in total. The van der Waals surface area contributed by atoms with Gasteiger partial charge in [-0.1, -0.05) is 30.3 Å². The van der Waals surface area contributed by atoms with Crippen LogP contribution >= 0.6 is 0 Å². The molecule has 150 valence electrons. The van der Waals surface area contributed by atoms with Crippen molar-refractivity contribution >= 4 is 23.2 Å². The number of benzene rings is 2. The van der Waals surface area contributed by atoms with Crippen LogP contribution in [0.1, 0.15) is 38.8 Å². The molecule has 5 nitrogen and oxygen atoms in total. The third-order valence-electron chi connectivity index (χ3n) is 5.02. The van der Waals surface area contributed by atoms with Gasteiger partial charge in [-0.2, -0.15) is 0 Å². The second-order valence-electron chi connectivity index (χ2n) is 7.42. The van der Waals surface area contributed by atoms with Gasteiger partial charge in [-0.25, -0.2) is 0 Å². The maximum atomic E-state index is 12.8. The summed E-state index contributed by atoms with van der Waals surface area (Å²) >= 11 is 0. The molecule has 5 heteroatoms. The molecular formula is C23H31N3O2. The van der Waals surface area contributed by atoms with Gasteiger partial charge in [0.2, 0.25) is 11.8 Å². The highest BCUT2D eigenvalue weighted by atomic mass is 16.2. The van der Waals surface area contributed by atoms with Crippen LogP contribution in [0.15, 0.2) is 48.5 Å². The van der Waals surface area contributed by atoms with Gasteiger partial charge in [0.05, 0.1) is 0 Å². The quantitative estimate of drug-likeness (QED) is 0.676. The maximum Gasteiger partial charge on any atom is 0.239 e. The second kappa shape index (κ2) is 9.40. The Labute approximate surface area is 168 Å². The van der Waals surface area contributed by atoms with Crippen molar-refractivity contribution in [2.45, 2.75) is 41.2 Å². The number of nitrogens with one attached hydrogen (secondary N) is 2. The van der Waals surface area contributed by atoms with E-state index in [0.717, 1.165) is 35.6 Å². The van der Waals surface area contributed by atoms with Gasteiger partial charge in [0, 0.05) is 31.0 Å². The van der Waals surface area contributed by atoms with Crippen LogP contribution in [0.2, 0.25) is 0 Å². The average molecular weight is 382 g/mol. The zero-order valence-corrected chi connectivity index (χ0v) is 17.5. The normalized spacial score (nSPS) is 11.0. The number of rotatable bonds is 8. The first kappa shape index (κ1) is 21.5. The SMILES string of the molecule is CCN(CC)c1ccc(NC(=O)C(C)(C)C(=O)NCc2ccccc2)c(C)c1. The topological polar surface area (TPSA) is 61.4 Å². The van der Waals surface area contributed by atoms with Gasteiger partial charge in [-0.05, 0) is 63.9 Å². The molecule has 0 spiro atoms. The van der Waals surface area contributed by atoms with Crippen LogP contribution in [0, 0.1) is 12.3 Å². The van der Waals surface area contributed by atoms with Crippen LogP contribution < -0.4 is 15.5 Å². The van der Waals surface area contributed by atoms with E-state index >= 15 is 0 Å². The molecule has 0 fully saturated rings. The van der Waals surface area contributed by atoms with E-state index in [1.807, 2.05) is 49.4 Å². The summed E-state index contributed by atoms with van der Waals surface area (Å²) in [5.74, 6) is -0.622. The van der Waals surface area contributed by atoms with Crippen LogP contribution in [0.3, 0.4) is 0 Å². The van der Waals surface area contributed by atoms with Crippen molar-refractivity contribution in [2.24, 2.45) is 5.41 Å². The Morgan fingerprint density at radius 2 is 1.61 bits per heavy atom. The maximum absolute atomic E-state index is 12.8. The summed E-state index contributed by atoms with van der Waals surface area (Å²) in [6, 6.07) is 15.6. The molecule has 2 aromatic carbocycles. The minimum atomic E-state index is -1.18. The Hall–Kier alpha value is -2.82. The Bertz CT molecular complexity index is 812. The largest absolute Gasteiger partial charge is 0.372 e. The third kappa shape index (κ3) is 5.12. The standard InChI is InChI=1S/C23H31N3O2/c1-6-26(7-2)19-13-14-20(17(3)15-19)25-22(28)23(4,5)21(27)24-16-18-11-9-8-10-12-18/h8-15H,6-7,16H2,1-5H3,(H,24,27)(H,25,28). The smallest absolute Gasteiger partial charge is 0.239 e. The fraction of sp³-hybridized carbons (Fsp3) is 0.391. The van der Waals surface area contributed by atoms with Crippen LogP contribution in [-0.2, 0) is 16.1 Å². The summed E-state index contributed by atoms with van der Waals surface area (Å²) in [5, 5.41) is 5.77. The average Bonchev–Trinajstić information content (AvgIpc) is 2.69. The van der Waals surface area contributed by atoms with Crippen molar-refractivity contribution in [3.8, 4) is 0 Å². The lowest BCUT2D eigenvalue weighted by Gasteiger charge is -2.25. The number of amides is 2. The van der Waals surface area contributed by atoms with E-state index in [0.29, 0.717) is 6.54 Å². The van der Waals surface area contributed by atoms with Crippen LogP contribution in [-0.4, -0.2) is 24.9 Å². The number of carbonyl (C=O) groups is 2. The van der Waals surface area contributed by atoms with Gasteiger partial charge in [-0.3, -0.25) is 9.59 Å². The summed E-state index contributed by atoms with van der Waals surface area (Å²) in [5.41, 5.74) is 2.64. The summed E-state index contributed by atoms with van der Waals surface area (Å²) < 4.78 is 0. The molecule has 28 heavy (non-hydrogen) atoms. The van der Waals surface area contributed by atoms with E-state index in [4.69, 9.17) is 0 Å². The molecule has 2 aromatic rings. The monoisotopic (exact) mass is 381 g/mol. The molecule has 0 aliphatic heterocycles. The summed E-state index contributed by atoms with van der Waals surface area (Å²) in [6.07, 6.45) is 0. The molecule has 2 amide bonds. The Morgan fingerprint density at radius 3 is 2.18 bits per heavy atom. The number of hydrogen-bond donors (Lipinski definition) is 2. The van der Waals surface area contributed by atoms with Crippen LogP contribution in [0.25, 0.3) is 0 Å².